The summed E-state index contributed by atoms with van der Waals surface area (Å²) in [5.74, 6) is 1.28. The Morgan fingerprint density at radius 2 is 2.33 bits per heavy atom. The highest BCUT2D eigenvalue weighted by atomic mass is 16.2. The highest BCUT2D eigenvalue weighted by molar-refractivity contribution is 5.79. The number of nitrogens with zero attached hydrogens (tertiary/aromatic N) is 1. The van der Waals surface area contributed by atoms with E-state index < -0.39 is 0 Å². The lowest BCUT2D eigenvalue weighted by Gasteiger charge is -2.38. The minimum atomic E-state index is 0.198. The van der Waals surface area contributed by atoms with Gasteiger partial charge in [0.25, 0.3) is 0 Å². The van der Waals surface area contributed by atoms with Crippen molar-refractivity contribution in [1.82, 2.24) is 10.2 Å². The minimum Gasteiger partial charge on any atom is -0.338 e. The zero-order chi connectivity index (χ0) is 10.8. The van der Waals surface area contributed by atoms with Crippen LogP contribution in [0.1, 0.15) is 33.1 Å². The number of hydrogen-bond donors (Lipinski definition) is 1. The van der Waals surface area contributed by atoms with Gasteiger partial charge in [0, 0.05) is 31.6 Å². The fourth-order valence-electron chi connectivity index (χ4n) is 2.80. The molecule has 2 aliphatic heterocycles. The van der Waals surface area contributed by atoms with Gasteiger partial charge in [0.05, 0.1) is 0 Å². The lowest BCUT2D eigenvalue weighted by atomic mass is 9.91. The number of carbonyl (C=O) groups is 1. The van der Waals surface area contributed by atoms with Crippen molar-refractivity contribution in [1.29, 1.82) is 0 Å². The van der Waals surface area contributed by atoms with Crippen LogP contribution in [0, 0.1) is 11.8 Å². The average Bonchev–Trinajstić information content (AvgIpc) is 2.74. The second-order valence-electron chi connectivity index (χ2n) is 4.97. The Hall–Kier alpha value is -0.570. The molecule has 1 N–H and O–H groups in total. The molecule has 2 heterocycles. The largest absolute Gasteiger partial charge is 0.338 e. The molecule has 15 heavy (non-hydrogen) atoms. The molecular formula is C12H22N2O. The Morgan fingerprint density at radius 3 is 3.07 bits per heavy atom. The molecule has 2 saturated heterocycles. The van der Waals surface area contributed by atoms with Crippen LogP contribution >= 0.6 is 0 Å². The van der Waals surface area contributed by atoms with Crippen LogP contribution in [0.5, 0.6) is 0 Å². The first-order valence-electron chi connectivity index (χ1n) is 6.25. The second-order valence-corrected chi connectivity index (χ2v) is 4.97. The van der Waals surface area contributed by atoms with E-state index >= 15 is 0 Å². The third kappa shape index (κ3) is 2.03. The quantitative estimate of drug-likeness (QED) is 0.744. The number of likely N-dealkylation sites (tertiary alicyclic amines) is 1. The number of carbonyl (C=O) groups excluding carboxylic acids is 1. The van der Waals surface area contributed by atoms with Crippen LogP contribution in [-0.4, -0.2) is 36.5 Å². The van der Waals surface area contributed by atoms with Crippen molar-refractivity contribution in [2.75, 3.05) is 19.6 Å². The highest BCUT2D eigenvalue weighted by Crippen LogP contribution is 2.27. The van der Waals surface area contributed by atoms with Crippen molar-refractivity contribution in [3.63, 3.8) is 0 Å². The summed E-state index contributed by atoms with van der Waals surface area (Å²) in [6.45, 7) is 7.24. The van der Waals surface area contributed by atoms with Crippen LogP contribution in [0.25, 0.3) is 0 Å². The van der Waals surface area contributed by atoms with E-state index in [9.17, 15) is 4.79 Å². The molecule has 86 valence electrons. The first kappa shape index (κ1) is 10.9. The van der Waals surface area contributed by atoms with Gasteiger partial charge < -0.3 is 10.2 Å². The summed E-state index contributed by atoms with van der Waals surface area (Å²) in [5.41, 5.74) is 0. The number of hydrogen-bond acceptors (Lipinski definition) is 2. The summed E-state index contributed by atoms with van der Waals surface area (Å²) < 4.78 is 0. The third-order valence-electron chi connectivity index (χ3n) is 4.00. The molecule has 0 aromatic carbocycles. The van der Waals surface area contributed by atoms with E-state index in [2.05, 4.69) is 17.1 Å². The predicted molar refractivity (Wildman–Crippen MR) is 60.5 cm³/mol. The molecular weight excluding hydrogens is 188 g/mol. The van der Waals surface area contributed by atoms with Crippen LogP contribution < -0.4 is 5.32 Å². The number of rotatable bonds is 2. The van der Waals surface area contributed by atoms with E-state index in [0.29, 0.717) is 17.9 Å². The molecule has 3 nitrogen and oxygen atoms in total. The maximum absolute atomic E-state index is 12.2. The van der Waals surface area contributed by atoms with E-state index in [0.717, 1.165) is 26.1 Å². The molecule has 0 aromatic heterocycles. The predicted octanol–water partition coefficient (Wildman–Crippen LogP) is 1.24. The molecule has 3 heteroatoms. The van der Waals surface area contributed by atoms with Crippen LogP contribution in [0.2, 0.25) is 0 Å². The molecule has 0 saturated carbocycles. The maximum atomic E-state index is 12.2. The Labute approximate surface area is 92.2 Å². The molecule has 2 rings (SSSR count). The number of nitrogens with one attached hydrogen (secondary N) is 1. The number of fused-ring (bicyclic) bond motifs is 1. The Balaban J connectivity index is 2.04. The van der Waals surface area contributed by atoms with Gasteiger partial charge >= 0.3 is 0 Å². The van der Waals surface area contributed by atoms with Gasteiger partial charge in [-0.1, -0.05) is 13.8 Å². The fraction of sp³-hybridized carbons (Fsp3) is 0.917. The second kappa shape index (κ2) is 4.52. The summed E-state index contributed by atoms with van der Waals surface area (Å²) in [7, 11) is 0. The van der Waals surface area contributed by atoms with Crippen LogP contribution in [-0.2, 0) is 4.79 Å². The zero-order valence-corrected chi connectivity index (χ0v) is 9.83. The molecule has 3 atom stereocenters. The Bertz CT molecular complexity index is 242. The SMILES string of the molecule is CCC(C)C(=O)N1CCCC2CNCC21. The lowest BCUT2D eigenvalue weighted by Crippen LogP contribution is -2.50. The van der Waals surface area contributed by atoms with Crippen LogP contribution in [0.4, 0.5) is 0 Å². The number of amides is 1. The highest BCUT2D eigenvalue weighted by Gasteiger charge is 2.37. The summed E-state index contributed by atoms with van der Waals surface area (Å²) in [6.07, 6.45) is 3.44. The minimum absolute atomic E-state index is 0.198. The van der Waals surface area contributed by atoms with Crippen molar-refractivity contribution >= 4 is 5.91 Å². The normalized spacial score (nSPS) is 32.5. The molecule has 0 aliphatic carbocycles. The molecule has 1 amide bonds. The summed E-state index contributed by atoms with van der Waals surface area (Å²) >= 11 is 0. The van der Waals surface area contributed by atoms with Gasteiger partial charge in [0.1, 0.15) is 0 Å². The van der Waals surface area contributed by atoms with E-state index in [1.165, 1.54) is 12.8 Å². The van der Waals surface area contributed by atoms with Gasteiger partial charge in [-0.15, -0.1) is 0 Å². The molecule has 2 aliphatic rings. The third-order valence-corrected chi connectivity index (χ3v) is 4.00. The zero-order valence-electron chi connectivity index (χ0n) is 9.83. The van der Waals surface area contributed by atoms with Gasteiger partial charge in [-0.3, -0.25) is 4.79 Å². The van der Waals surface area contributed by atoms with Crippen molar-refractivity contribution in [2.45, 2.75) is 39.2 Å². The lowest BCUT2D eigenvalue weighted by molar-refractivity contribution is -0.139. The maximum Gasteiger partial charge on any atom is 0.225 e. The van der Waals surface area contributed by atoms with Crippen molar-refractivity contribution in [2.24, 2.45) is 11.8 Å². The smallest absolute Gasteiger partial charge is 0.225 e. The van der Waals surface area contributed by atoms with Gasteiger partial charge in [-0.05, 0) is 25.2 Å². The molecule has 3 unspecified atom stereocenters. The van der Waals surface area contributed by atoms with Crippen LogP contribution in [0.3, 0.4) is 0 Å². The molecule has 2 fully saturated rings. The van der Waals surface area contributed by atoms with E-state index in [1.54, 1.807) is 0 Å². The topological polar surface area (TPSA) is 32.3 Å². The average molecular weight is 210 g/mol. The molecule has 0 spiro atoms. The van der Waals surface area contributed by atoms with Crippen LogP contribution in [0.15, 0.2) is 0 Å². The standard InChI is InChI=1S/C12H22N2O/c1-3-9(2)12(15)14-6-4-5-10-7-13-8-11(10)14/h9-11,13H,3-8H2,1-2H3. The molecule has 0 bridgehead atoms. The first-order chi connectivity index (χ1) is 7.24. The van der Waals surface area contributed by atoms with E-state index in [1.807, 2.05) is 6.92 Å². The van der Waals surface area contributed by atoms with E-state index in [-0.39, 0.29) is 5.92 Å². The number of piperidine rings is 1. The van der Waals surface area contributed by atoms with Gasteiger partial charge in [-0.2, -0.15) is 0 Å². The van der Waals surface area contributed by atoms with E-state index in [4.69, 9.17) is 0 Å². The van der Waals surface area contributed by atoms with Crippen molar-refractivity contribution < 1.29 is 4.79 Å². The summed E-state index contributed by atoms with van der Waals surface area (Å²) in [4.78, 5) is 14.3. The van der Waals surface area contributed by atoms with Gasteiger partial charge in [0.15, 0.2) is 0 Å². The van der Waals surface area contributed by atoms with Crippen molar-refractivity contribution in [3.8, 4) is 0 Å². The molecule has 0 aromatic rings. The Kier molecular flexibility index (Phi) is 3.29. The van der Waals surface area contributed by atoms with Crippen molar-refractivity contribution in [3.05, 3.63) is 0 Å². The first-order valence-corrected chi connectivity index (χ1v) is 6.25. The molecule has 0 radical (unpaired) electrons. The van der Waals surface area contributed by atoms with Gasteiger partial charge in [-0.25, -0.2) is 0 Å². The fourth-order valence-corrected chi connectivity index (χ4v) is 2.80. The summed E-state index contributed by atoms with van der Waals surface area (Å²) in [5, 5.41) is 3.41. The summed E-state index contributed by atoms with van der Waals surface area (Å²) in [6, 6.07) is 0.486. The Morgan fingerprint density at radius 1 is 1.53 bits per heavy atom. The van der Waals surface area contributed by atoms with Gasteiger partial charge in [0.2, 0.25) is 5.91 Å². The monoisotopic (exact) mass is 210 g/mol.